The molecule has 0 unspecified atom stereocenters. The van der Waals surface area contributed by atoms with Crippen molar-refractivity contribution < 1.29 is 14.3 Å². The molecule has 1 aliphatic rings. The number of amidine groups is 1. The highest BCUT2D eigenvalue weighted by Gasteiger charge is 2.24. The van der Waals surface area contributed by atoms with Gasteiger partial charge in [-0.05, 0) is 60.2 Å². The highest BCUT2D eigenvalue weighted by molar-refractivity contribution is 8.18. The molecule has 0 bridgehead atoms. The molecule has 1 saturated heterocycles. The number of hydrogen-bond acceptors (Lipinski definition) is 5. The smallest absolute Gasteiger partial charge is 0.264 e. The summed E-state index contributed by atoms with van der Waals surface area (Å²) in [4.78, 5) is 17.4. The van der Waals surface area contributed by atoms with Gasteiger partial charge >= 0.3 is 0 Å². The minimum atomic E-state index is -0.205. The Morgan fingerprint density at radius 3 is 2.56 bits per heavy atom. The van der Waals surface area contributed by atoms with Gasteiger partial charge in [-0.3, -0.25) is 4.79 Å². The summed E-state index contributed by atoms with van der Waals surface area (Å²) >= 11 is 7.43. The summed E-state index contributed by atoms with van der Waals surface area (Å²) in [5, 5.41) is 3.80. The van der Waals surface area contributed by atoms with Gasteiger partial charge in [-0.15, -0.1) is 0 Å². The number of aliphatic imine (C=N–C) groups is 1. The second kappa shape index (κ2) is 10.4. The van der Waals surface area contributed by atoms with Gasteiger partial charge in [0.2, 0.25) is 0 Å². The van der Waals surface area contributed by atoms with Crippen LogP contribution >= 0.6 is 23.4 Å². The molecule has 0 spiro atoms. The predicted octanol–water partition coefficient (Wildman–Crippen LogP) is 6.21. The molecule has 162 valence electrons. The topological polar surface area (TPSA) is 59.9 Å². The Balaban J connectivity index is 1.52. The van der Waals surface area contributed by atoms with Gasteiger partial charge in [-0.1, -0.05) is 60.1 Å². The third-order valence-corrected chi connectivity index (χ3v) is 5.76. The number of hydrogen-bond donors (Lipinski definition) is 1. The highest BCUT2D eigenvalue weighted by Crippen LogP contribution is 2.33. The Hall–Kier alpha value is -3.22. The number of rotatable bonds is 7. The predicted molar refractivity (Wildman–Crippen MR) is 131 cm³/mol. The monoisotopic (exact) mass is 464 g/mol. The van der Waals surface area contributed by atoms with E-state index < -0.39 is 0 Å². The van der Waals surface area contributed by atoms with Gasteiger partial charge in [-0.25, -0.2) is 4.99 Å². The maximum Gasteiger partial charge on any atom is 0.264 e. The van der Waals surface area contributed by atoms with Crippen LogP contribution in [0.25, 0.3) is 6.08 Å². The van der Waals surface area contributed by atoms with Crippen molar-refractivity contribution in [3.63, 3.8) is 0 Å². The number of carbonyl (C=O) groups excluding carboxylic acids is 1. The fourth-order valence-electron chi connectivity index (χ4n) is 3.02. The van der Waals surface area contributed by atoms with E-state index in [1.54, 1.807) is 18.2 Å². The van der Waals surface area contributed by atoms with E-state index in [4.69, 9.17) is 21.1 Å². The van der Waals surface area contributed by atoms with E-state index in [0.29, 0.717) is 45.5 Å². The molecule has 1 fully saturated rings. The van der Waals surface area contributed by atoms with E-state index in [-0.39, 0.29) is 5.91 Å². The normalized spacial score (nSPS) is 15.8. The molecule has 1 N–H and O–H groups in total. The Morgan fingerprint density at radius 1 is 1.00 bits per heavy atom. The molecule has 3 aromatic rings. The minimum Gasteiger partial charge on any atom is -0.490 e. The van der Waals surface area contributed by atoms with Crippen LogP contribution in [0, 0.1) is 0 Å². The number of nitrogens with zero attached hydrogens (tertiary/aromatic N) is 1. The zero-order chi connectivity index (χ0) is 22.3. The molecular formula is C25H21ClN2O3S. The van der Waals surface area contributed by atoms with Gasteiger partial charge in [0.25, 0.3) is 5.91 Å². The lowest BCUT2D eigenvalue weighted by molar-refractivity contribution is -0.115. The summed E-state index contributed by atoms with van der Waals surface area (Å²) in [5.74, 6) is 1.08. The average Bonchev–Trinajstić information content (AvgIpc) is 3.14. The van der Waals surface area contributed by atoms with E-state index in [9.17, 15) is 4.79 Å². The first kappa shape index (κ1) is 22.0. The molecule has 0 radical (unpaired) electrons. The van der Waals surface area contributed by atoms with Crippen LogP contribution in [0.2, 0.25) is 5.02 Å². The molecule has 3 aromatic carbocycles. The van der Waals surface area contributed by atoms with Crippen LogP contribution in [0.3, 0.4) is 0 Å². The number of halogens is 1. The second-order valence-electron chi connectivity index (χ2n) is 6.85. The molecule has 1 aliphatic heterocycles. The van der Waals surface area contributed by atoms with Crippen molar-refractivity contribution in [1.29, 1.82) is 0 Å². The van der Waals surface area contributed by atoms with Crippen LogP contribution in [0.5, 0.6) is 11.5 Å². The van der Waals surface area contributed by atoms with Gasteiger partial charge in [0, 0.05) is 0 Å². The van der Waals surface area contributed by atoms with Gasteiger partial charge in [-0.2, -0.15) is 0 Å². The standard InChI is InChI=1S/C25H21ClN2O3S/c1-2-30-22-14-18(12-13-21(22)31-16-17-8-4-3-5-9-17)15-23-24(29)28-25(32-23)27-20-11-7-6-10-19(20)26/h3-15H,2,16H2,1H3,(H,27,28,29)/b23-15+. The van der Waals surface area contributed by atoms with Crippen molar-refractivity contribution >= 4 is 46.2 Å². The van der Waals surface area contributed by atoms with Crippen molar-refractivity contribution in [3.05, 3.63) is 93.9 Å². The van der Waals surface area contributed by atoms with Crippen molar-refractivity contribution in [2.45, 2.75) is 13.5 Å². The third-order valence-electron chi connectivity index (χ3n) is 4.53. The quantitative estimate of drug-likeness (QED) is 0.422. The highest BCUT2D eigenvalue weighted by atomic mass is 35.5. The SMILES string of the molecule is CCOc1cc(/C=C2/SC(=Nc3ccccc3Cl)NC2=O)ccc1OCc1ccccc1. The van der Waals surface area contributed by atoms with Gasteiger partial charge in [0.1, 0.15) is 6.61 Å². The van der Waals surface area contributed by atoms with Crippen molar-refractivity contribution in [2.75, 3.05) is 6.61 Å². The first-order valence-corrected chi connectivity index (χ1v) is 11.3. The van der Waals surface area contributed by atoms with E-state index >= 15 is 0 Å². The number of carbonyl (C=O) groups is 1. The number of para-hydroxylation sites is 1. The largest absolute Gasteiger partial charge is 0.490 e. The Bertz CT molecular complexity index is 1180. The Morgan fingerprint density at radius 2 is 1.78 bits per heavy atom. The molecule has 0 atom stereocenters. The molecule has 1 amide bonds. The van der Waals surface area contributed by atoms with Crippen LogP contribution in [-0.4, -0.2) is 17.7 Å². The summed E-state index contributed by atoms with van der Waals surface area (Å²) in [6, 6.07) is 22.8. The lowest BCUT2D eigenvalue weighted by Gasteiger charge is -2.13. The number of thioether (sulfide) groups is 1. The van der Waals surface area contributed by atoms with Gasteiger partial charge in [0.15, 0.2) is 16.7 Å². The molecular weight excluding hydrogens is 444 g/mol. The van der Waals surface area contributed by atoms with Crippen molar-refractivity contribution in [3.8, 4) is 11.5 Å². The lowest BCUT2D eigenvalue weighted by atomic mass is 10.2. The number of nitrogens with one attached hydrogen (secondary N) is 1. The molecule has 0 aliphatic carbocycles. The Labute approximate surface area is 196 Å². The number of benzene rings is 3. The molecule has 5 nitrogen and oxygen atoms in total. The first-order chi connectivity index (χ1) is 15.6. The van der Waals surface area contributed by atoms with E-state index in [0.717, 1.165) is 11.1 Å². The van der Waals surface area contributed by atoms with Crippen molar-refractivity contribution in [1.82, 2.24) is 5.32 Å². The van der Waals surface area contributed by atoms with E-state index in [1.165, 1.54) is 11.8 Å². The third kappa shape index (κ3) is 5.52. The summed E-state index contributed by atoms with van der Waals surface area (Å²) in [6.07, 6.45) is 1.80. The van der Waals surface area contributed by atoms with Crippen molar-refractivity contribution in [2.24, 2.45) is 4.99 Å². The molecule has 7 heteroatoms. The fourth-order valence-corrected chi connectivity index (χ4v) is 4.03. The zero-order valence-electron chi connectivity index (χ0n) is 17.4. The van der Waals surface area contributed by atoms with E-state index in [1.807, 2.05) is 67.6 Å². The molecule has 1 heterocycles. The van der Waals surface area contributed by atoms with Crippen LogP contribution < -0.4 is 14.8 Å². The average molecular weight is 465 g/mol. The van der Waals surface area contributed by atoms with Crippen LogP contribution in [-0.2, 0) is 11.4 Å². The summed E-state index contributed by atoms with van der Waals surface area (Å²) in [7, 11) is 0. The van der Waals surface area contributed by atoms with Gasteiger partial charge in [0.05, 0.1) is 22.2 Å². The maximum absolute atomic E-state index is 12.4. The van der Waals surface area contributed by atoms with Gasteiger partial charge < -0.3 is 14.8 Å². The molecule has 4 rings (SSSR count). The Kier molecular flexibility index (Phi) is 7.14. The second-order valence-corrected chi connectivity index (χ2v) is 8.28. The molecule has 0 saturated carbocycles. The van der Waals surface area contributed by atoms with Crippen LogP contribution in [0.4, 0.5) is 5.69 Å². The molecule has 32 heavy (non-hydrogen) atoms. The summed E-state index contributed by atoms with van der Waals surface area (Å²) in [6.45, 7) is 2.87. The minimum absolute atomic E-state index is 0.205. The first-order valence-electron chi connectivity index (χ1n) is 10.1. The van der Waals surface area contributed by atoms with E-state index in [2.05, 4.69) is 10.3 Å². The fraction of sp³-hybridized carbons (Fsp3) is 0.120. The molecule has 0 aromatic heterocycles. The number of amides is 1. The lowest BCUT2D eigenvalue weighted by Crippen LogP contribution is -2.19. The number of ether oxygens (including phenoxy) is 2. The summed E-state index contributed by atoms with van der Waals surface area (Å²) < 4.78 is 11.7. The summed E-state index contributed by atoms with van der Waals surface area (Å²) in [5.41, 5.74) is 2.51. The van der Waals surface area contributed by atoms with Crippen LogP contribution in [0.15, 0.2) is 82.7 Å². The maximum atomic E-state index is 12.4. The van der Waals surface area contributed by atoms with Crippen LogP contribution in [0.1, 0.15) is 18.1 Å². The zero-order valence-corrected chi connectivity index (χ0v) is 19.0.